The molecule has 1 amide bonds. The summed E-state index contributed by atoms with van der Waals surface area (Å²) in [6.07, 6.45) is 5.93. The van der Waals surface area contributed by atoms with E-state index in [2.05, 4.69) is 15.6 Å². The topological polar surface area (TPSA) is 45.2 Å². The lowest BCUT2D eigenvalue weighted by Crippen LogP contribution is -2.29. The molecule has 0 radical (unpaired) electrons. The summed E-state index contributed by atoms with van der Waals surface area (Å²) in [5.74, 6) is 0.388. The predicted molar refractivity (Wildman–Crippen MR) is 95.0 cm³/mol. The Hall–Kier alpha value is -1.88. The van der Waals surface area contributed by atoms with Crippen molar-refractivity contribution >= 4 is 28.1 Å². The summed E-state index contributed by atoms with van der Waals surface area (Å²) in [5.41, 5.74) is 3.00. The molecule has 1 aromatic heterocycles. The summed E-state index contributed by atoms with van der Waals surface area (Å²) in [6, 6.07) is 8.01. The van der Waals surface area contributed by atoms with Crippen LogP contribution in [0.15, 0.2) is 29.6 Å². The fourth-order valence-corrected chi connectivity index (χ4v) is 3.83. The number of carbonyl (C=O) groups is 1. The van der Waals surface area contributed by atoms with Gasteiger partial charge in [0.1, 0.15) is 0 Å². The number of rotatable bonds is 4. The minimum Gasteiger partial charge on any atom is -0.348 e. The van der Waals surface area contributed by atoms with Crippen LogP contribution in [-0.4, -0.2) is 24.0 Å². The number of hydrogen-bond donors (Lipinski definition) is 1. The van der Waals surface area contributed by atoms with Crippen molar-refractivity contribution in [2.24, 2.45) is 5.92 Å². The number of thiazole rings is 1. The number of piperidine rings is 1. The summed E-state index contributed by atoms with van der Waals surface area (Å²) in [4.78, 5) is 19.0. The van der Waals surface area contributed by atoms with E-state index < -0.39 is 0 Å². The number of nitrogens with zero attached hydrogens (tertiary/aromatic N) is 2. The first kappa shape index (κ1) is 14.7. The van der Waals surface area contributed by atoms with Crippen LogP contribution in [0.5, 0.6) is 0 Å². The van der Waals surface area contributed by atoms with Crippen LogP contribution in [0.4, 0.5) is 10.8 Å². The minimum absolute atomic E-state index is 0.152. The summed E-state index contributed by atoms with van der Waals surface area (Å²) in [5, 5.41) is 6.23. The molecule has 2 aliphatic rings. The average molecular weight is 327 g/mol. The highest BCUT2D eigenvalue weighted by Gasteiger charge is 2.29. The molecule has 1 aliphatic heterocycles. The van der Waals surface area contributed by atoms with Gasteiger partial charge in [0, 0.05) is 35.6 Å². The lowest BCUT2D eigenvalue weighted by Gasteiger charge is -2.25. The van der Waals surface area contributed by atoms with Crippen LogP contribution >= 0.6 is 11.3 Å². The van der Waals surface area contributed by atoms with E-state index in [1.54, 1.807) is 11.3 Å². The van der Waals surface area contributed by atoms with Crippen LogP contribution in [0.2, 0.25) is 0 Å². The molecule has 1 aliphatic carbocycles. The number of nitrogens with one attached hydrogen (secondary N) is 1. The highest BCUT2D eigenvalue weighted by molar-refractivity contribution is 7.14. The van der Waals surface area contributed by atoms with Crippen molar-refractivity contribution in [2.45, 2.75) is 32.1 Å². The first-order chi connectivity index (χ1) is 11.3. The zero-order chi connectivity index (χ0) is 15.6. The molecule has 0 unspecified atom stereocenters. The van der Waals surface area contributed by atoms with Crippen LogP contribution in [-0.2, 0) is 4.79 Å². The van der Waals surface area contributed by atoms with Gasteiger partial charge in [0.15, 0.2) is 5.13 Å². The van der Waals surface area contributed by atoms with E-state index in [0.29, 0.717) is 0 Å². The largest absolute Gasteiger partial charge is 0.348 e. The zero-order valence-electron chi connectivity index (χ0n) is 13.1. The van der Waals surface area contributed by atoms with Crippen molar-refractivity contribution in [1.82, 2.24) is 4.98 Å². The van der Waals surface area contributed by atoms with Gasteiger partial charge in [-0.25, -0.2) is 4.98 Å². The lowest BCUT2D eigenvalue weighted by atomic mass is 10.1. The van der Waals surface area contributed by atoms with Gasteiger partial charge in [-0.15, -0.1) is 11.3 Å². The van der Waals surface area contributed by atoms with Gasteiger partial charge in [0.2, 0.25) is 5.91 Å². The Balaban J connectivity index is 1.45. The van der Waals surface area contributed by atoms with Gasteiger partial charge < -0.3 is 10.2 Å². The smallest absolute Gasteiger partial charge is 0.227 e. The molecule has 120 valence electrons. The van der Waals surface area contributed by atoms with Crippen LogP contribution in [0, 0.1) is 5.92 Å². The van der Waals surface area contributed by atoms with Crippen LogP contribution in [0.1, 0.15) is 32.1 Å². The molecule has 23 heavy (non-hydrogen) atoms. The normalized spacial score (nSPS) is 18.0. The summed E-state index contributed by atoms with van der Waals surface area (Å²) >= 11 is 1.72. The molecule has 0 spiro atoms. The Labute approximate surface area is 140 Å². The molecule has 1 N–H and O–H groups in total. The second kappa shape index (κ2) is 6.32. The van der Waals surface area contributed by atoms with Crippen LogP contribution < -0.4 is 10.2 Å². The Bertz CT molecular complexity index is 685. The zero-order valence-corrected chi connectivity index (χ0v) is 13.9. The van der Waals surface area contributed by atoms with E-state index in [4.69, 9.17) is 4.98 Å². The number of hydrogen-bond acceptors (Lipinski definition) is 4. The fraction of sp³-hybridized carbons (Fsp3) is 0.444. The van der Waals surface area contributed by atoms with Crippen molar-refractivity contribution in [3.8, 4) is 11.3 Å². The quantitative estimate of drug-likeness (QED) is 0.917. The van der Waals surface area contributed by atoms with Gasteiger partial charge in [-0.05, 0) is 44.2 Å². The third-order valence-corrected chi connectivity index (χ3v) is 5.42. The third-order valence-electron chi connectivity index (χ3n) is 4.51. The van der Waals surface area contributed by atoms with E-state index in [1.165, 1.54) is 19.3 Å². The molecule has 0 atom stereocenters. The maximum absolute atomic E-state index is 11.8. The number of anilines is 2. The third kappa shape index (κ3) is 3.39. The summed E-state index contributed by atoms with van der Waals surface area (Å²) in [7, 11) is 0. The molecule has 2 aromatic rings. The molecule has 4 rings (SSSR count). The molecule has 1 saturated carbocycles. The van der Waals surface area contributed by atoms with Gasteiger partial charge in [0.25, 0.3) is 0 Å². The van der Waals surface area contributed by atoms with Crippen molar-refractivity contribution in [1.29, 1.82) is 0 Å². The maximum Gasteiger partial charge on any atom is 0.227 e. The van der Waals surface area contributed by atoms with E-state index in [-0.39, 0.29) is 11.8 Å². The maximum atomic E-state index is 11.8. The Morgan fingerprint density at radius 2 is 1.87 bits per heavy atom. The molecule has 5 heteroatoms. The number of amides is 1. The van der Waals surface area contributed by atoms with Crippen LogP contribution in [0.25, 0.3) is 11.3 Å². The van der Waals surface area contributed by atoms with Gasteiger partial charge in [-0.3, -0.25) is 4.79 Å². The molecular weight excluding hydrogens is 306 g/mol. The summed E-state index contributed by atoms with van der Waals surface area (Å²) < 4.78 is 0. The molecule has 4 nitrogen and oxygen atoms in total. The van der Waals surface area contributed by atoms with E-state index in [9.17, 15) is 4.79 Å². The molecular formula is C18H21N3OS. The second-order valence-corrected chi connectivity index (χ2v) is 7.24. The first-order valence-corrected chi connectivity index (χ1v) is 9.29. The first-order valence-electron chi connectivity index (χ1n) is 8.41. The molecule has 2 fully saturated rings. The van der Waals surface area contributed by atoms with Gasteiger partial charge in [-0.1, -0.05) is 12.1 Å². The van der Waals surface area contributed by atoms with E-state index in [0.717, 1.165) is 48.0 Å². The number of benzene rings is 1. The number of aromatic nitrogens is 1. The van der Waals surface area contributed by atoms with Crippen molar-refractivity contribution in [3.63, 3.8) is 0 Å². The lowest BCUT2D eigenvalue weighted by molar-refractivity contribution is -0.117. The van der Waals surface area contributed by atoms with E-state index in [1.807, 2.05) is 24.3 Å². The molecule has 1 saturated heterocycles. The molecule has 1 aromatic carbocycles. The SMILES string of the molecule is O=C(Nc1ccc(-c2csc(N3CCCCC3)n2)cc1)C1CC1. The second-order valence-electron chi connectivity index (χ2n) is 6.40. The van der Waals surface area contributed by atoms with Crippen molar-refractivity contribution < 1.29 is 4.79 Å². The Morgan fingerprint density at radius 1 is 1.13 bits per heavy atom. The van der Waals surface area contributed by atoms with Crippen molar-refractivity contribution in [2.75, 3.05) is 23.3 Å². The van der Waals surface area contributed by atoms with Gasteiger partial charge >= 0.3 is 0 Å². The monoisotopic (exact) mass is 327 g/mol. The number of carbonyl (C=O) groups excluding carboxylic acids is 1. The van der Waals surface area contributed by atoms with E-state index >= 15 is 0 Å². The molecule has 0 bridgehead atoms. The average Bonchev–Trinajstić information content (AvgIpc) is 3.34. The summed E-state index contributed by atoms with van der Waals surface area (Å²) in [6.45, 7) is 2.25. The van der Waals surface area contributed by atoms with Crippen LogP contribution in [0.3, 0.4) is 0 Å². The van der Waals surface area contributed by atoms with Gasteiger partial charge in [0.05, 0.1) is 5.69 Å². The minimum atomic E-state index is 0.152. The van der Waals surface area contributed by atoms with Crippen molar-refractivity contribution in [3.05, 3.63) is 29.6 Å². The standard InChI is InChI=1S/C18H21N3OS/c22-17(14-4-5-14)19-15-8-6-13(7-9-15)16-12-23-18(20-16)21-10-2-1-3-11-21/h6-9,12,14H,1-5,10-11H2,(H,19,22). The fourth-order valence-electron chi connectivity index (χ4n) is 2.94. The Morgan fingerprint density at radius 3 is 2.57 bits per heavy atom. The molecule has 2 heterocycles. The predicted octanol–water partition coefficient (Wildman–Crippen LogP) is 4.15. The highest BCUT2D eigenvalue weighted by atomic mass is 32.1. The Kier molecular flexibility index (Phi) is 4.04. The highest BCUT2D eigenvalue weighted by Crippen LogP contribution is 2.31. The van der Waals surface area contributed by atoms with Gasteiger partial charge in [-0.2, -0.15) is 0 Å².